The van der Waals surface area contributed by atoms with E-state index in [1.165, 1.54) is 16.7 Å². The first-order valence-electron chi connectivity index (χ1n) is 11.4. The van der Waals surface area contributed by atoms with Gasteiger partial charge < -0.3 is 4.90 Å². The van der Waals surface area contributed by atoms with Crippen molar-refractivity contribution in [2.45, 2.75) is 25.3 Å². The van der Waals surface area contributed by atoms with E-state index in [1.54, 1.807) is 23.1 Å². The van der Waals surface area contributed by atoms with Gasteiger partial charge in [0.2, 0.25) is 0 Å². The highest BCUT2D eigenvalue weighted by atomic mass is 32.2. The number of rotatable bonds is 4. The number of hydrogen-bond acceptors (Lipinski definition) is 7. The lowest BCUT2D eigenvalue weighted by Crippen LogP contribution is -2.29. The maximum Gasteiger partial charge on any atom is 0.269 e. The van der Waals surface area contributed by atoms with Crippen LogP contribution in [0.1, 0.15) is 17.5 Å². The Balaban J connectivity index is 1.43. The highest BCUT2D eigenvalue weighted by Crippen LogP contribution is 2.50. The van der Waals surface area contributed by atoms with E-state index in [-0.39, 0.29) is 5.91 Å². The maximum absolute atomic E-state index is 13.8. The first-order valence-corrected chi connectivity index (χ1v) is 13.8. The van der Waals surface area contributed by atoms with E-state index in [2.05, 4.69) is 35.0 Å². The Morgan fingerprint density at radius 1 is 0.943 bits per heavy atom. The molecule has 8 heteroatoms. The minimum absolute atomic E-state index is 0.000993. The molecule has 0 radical (unpaired) electrons. The van der Waals surface area contributed by atoms with Crippen LogP contribution in [0.15, 0.2) is 92.6 Å². The second-order valence-corrected chi connectivity index (χ2v) is 11.4. The average Bonchev–Trinajstić information content (AvgIpc) is 3.52. The summed E-state index contributed by atoms with van der Waals surface area (Å²) in [6.45, 7) is 5.41. The number of carbonyl (C=O) groups is 1. The number of amides is 1. The van der Waals surface area contributed by atoms with Gasteiger partial charge in [0, 0.05) is 11.4 Å². The predicted molar refractivity (Wildman–Crippen MR) is 148 cm³/mol. The molecule has 0 atom stereocenters. The van der Waals surface area contributed by atoms with E-state index >= 15 is 0 Å². The number of aliphatic imine (C=N–C) groups is 1. The van der Waals surface area contributed by atoms with Gasteiger partial charge in [-0.25, -0.2) is 9.98 Å². The van der Waals surface area contributed by atoms with Gasteiger partial charge >= 0.3 is 0 Å². The standard InChI is InChI=1S/C27H22N4OS3/c1-3-30-21-11-7-8-12-22(21)34-26(30)24-25(32)31(16-18-9-5-4-6-10-18)27(35-24)29-19-13-14-20-23(15-19)33-17(2)28-20/h4-15H,3,16H2,1-2H3. The largest absolute Gasteiger partial charge is 0.334 e. The van der Waals surface area contributed by atoms with Crippen molar-refractivity contribution in [1.29, 1.82) is 0 Å². The summed E-state index contributed by atoms with van der Waals surface area (Å²) in [4.78, 5) is 29.3. The van der Waals surface area contributed by atoms with Crippen LogP contribution in [0.25, 0.3) is 10.2 Å². The summed E-state index contributed by atoms with van der Waals surface area (Å²) in [6.07, 6.45) is 0. The third kappa shape index (κ3) is 4.16. The van der Waals surface area contributed by atoms with Gasteiger partial charge in [-0.3, -0.25) is 9.69 Å². The Hall–Kier alpha value is -3.07. The lowest BCUT2D eigenvalue weighted by atomic mass is 10.2. The van der Waals surface area contributed by atoms with Gasteiger partial charge in [0.25, 0.3) is 5.91 Å². The van der Waals surface area contributed by atoms with Crippen LogP contribution in [-0.2, 0) is 11.3 Å². The van der Waals surface area contributed by atoms with Crippen LogP contribution in [0.4, 0.5) is 11.4 Å². The fourth-order valence-corrected chi connectivity index (χ4v) is 7.50. The zero-order valence-electron chi connectivity index (χ0n) is 19.3. The number of para-hydroxylation sites is 1. The third-order valence-corrected chi connectivity index (χ3v) is 9.18. The lowest BCUT2D eigenvalue weighted by molar-refractivity contribution is -0.122. The molecule has 5 nitrogen and oxygen atoms in total. The first kappa shape index (κ1) is 22.4. The summed E-state index contributed by atoms with van der Waals surface area (Å²) in [5, 5.41) is 2.72. The number of fused-ring (bicyclic) bond motifs is 2. The topological polar surface area (TPSA) is 48.8 Å². The second kappa shape index (κ2) is 9.18. The molecular weight excluding hydrogens is 493 g/mol. The molecule has 0 N–H and O–H groups in total. The van der Waals surface area contributed by atoms with Crippen LogP contribution in [0.2, 0.25) is 0 Å². The fraction of sp³-hybridized carbons (Fsp3) is 0.148. The van der Waals surface area contributed by atoms with Crippen LogP contribution in [-0.4, -0.2) is 27.5 Å². The Bertz CT molecular complexity index is 1510. The van der Waals surface area contributed by atoms with Gasteiger partial charge in [-0.05, 0) is 61.5 Å². The van der Waals surface area contributed by atoms with E-state index in [0.29, 0.717) is 11.7 Å². The summed E-state index contributed by atoms with van der Waals surface area (Å²) in [7, 11) is 0. The summed E-state index contributed by atoms with van der Waals surface area (Å²) < 4.78 is 1.10. The number of aromatic nitrogens is 1. The van der Waals surface area contributed by atoms with Gasteiger partial charge in [0.05, 0.1) is 33.1 Å². The molecule has 1 aromatic heterocycles. The number of aryl methyl sites for hydroxylation is 1. The average molecular weight is 515 g/mol. The minimum Gasteiger partial charge on any atom is -0.334 e. The maximum atomic E-state index is 13.8. The molecule has 0 bridgehead atoms. The molecule has 0 aliphatic carbocycles. The van der Waals surface area contributed by atoms with E-state index < -0.39 is 0 Å². The second-order valence-electron chi connectivity index (χ2n) is 8.21. The molecule has 4 aromatic rings. The molecule has 3 aromatic carbocycles. The van der Waals surface area contributed by atoms with Gasteiger partial charge in [0.1, 0.15) is 9.93 Å². The molecule has 1 amide bonds. The Labute approximate surface area is 216 Å². The first-order chi connectivity index (χ1) is 17.1. The molecule has 35 heavy (non-hydrogen) atoms. The molecule has 1 saturated heterocycles. The Morgan fingerprint density at radius 2 is 1.74 bits per heavy atom. The number of hydrogen-bond donors (Lipinski definition) is 0. The SMILES string of the molecule is CCN1C(=C2SC(=Nc3ccc4nc(C)sc4c3)N(Cc3ccccc3)C2=O)Sc2ccccc21. The van der Waals surface area contributed by atoms with E-state index in [4.69, 9.17) is 4.99 Å². The molecule has 0 unspecified atom stereocenters. The van der Waals surface area contributed by atoms with Crippen molar-refractivity contribution >= 4 is 67.5 Å². The van der Waals surface area contributed by atoms with Crippen molar-refractivity contribution in [1.82, 2.24) is 9.88 Å². The normalized spacial score (nSPS) is 18.8. The van der Waals surface area contributed by atoms with E-state index in [1.807, 2.05) is 66.4 Å². The van der Waals surface area contributed by atoms with Gasteiger partial charge in [-0.15, -0.1) is 11.3 Å². The van der Waals surface area contributed by atoms with Gasteiger partial charge in [-0.2, -0.15) is 0 Å². The van der Waals surface area contributed by atoms with E-state index in [0.717, 1.165) is 48.6 Å². The number of carbonyl (C=O) groups excluding carboxylic acids is 1. The molecule has 0 spiro atoms. The van der Waals surface area contributed by atoms with Crippen LogP contribution in [0.5, 0.6) is 0 Å². The highest BCUT2D eigenvalue weighted by molar-refractivity contribution is 8.19. The lowest BCUT2D eigenvalue weighted by Gasteiger charge is -2.19. The molecule has 6 rings (SSSR count). The Morgan fingerprint density at radius 3 is 2.57 bits per heavy atom. The zero-order valence-corrected chi connectivity index (χ0v) is 21.7. The predicted octanol–water partition coefficient (Wildman–Crippen LogP) is 7.17. The van der Waals surface area contributed by atoms with E-state index in [9.17, 15) is 4.79 Å². The monoisotopic (exact) mass is 514 g/mol. The number of amidine groups is 1. The number of nitrogens with zero attached hydrogens (tertiary/aromatic N) is 4. The smallest absolute Gasteiger partial charge is 0.269 e. The number of thioether (sulfide) groups is 2. The van der Waals surface area contributed by atoms with Crippen molar-refractivity contribution < 1.29 is 4.79 Å². The molecular formula is C27H22N4OS3. The minimum atomic E-state index is 0.000993. The quantitative estimate of drug-likeness (QED) is 0.270. The van der Waals surface area contributed by atoms with Crippen LogP contribution < -0.4 is 4.90 Å². The molecule has 2 aliphatic rings. The third-order valence-electron chi connectivity index (χ3n) is 5.87. The fourth-order valence-electron chi connectivity index (χ4n) is 4.25. The van der Waals surface area contributed by atoms with Crippen LogP contribution in [0.3, 0.4) is 0 Å². The Kier molecular flexibility index (Phi) is 5.88. The van der Waals surface area contributed by atoms with Crippen molar-refractivity contribution in [3.8, 4) is 0 Å². The zero-order chi connectivity index (χ0) is 23.9. The molecule has 174 valence electrons. The summed E-state index contributed by atoms with van der Waals surface area (Å²) in [6, 6.07) is 24.4. The highest BCUT2D eigenvalue weighted by Gasteiger charge is 2.39. The summed E-state index contributed by atoms with van der Waals surface area (Å²) in [5.41, 5.74) is 4.04. The van der Waals surface area contributed by atoms with Crippen molar-refractivity contribution in [3.63, 3.8) is 0 Å². The number of thiazole rings is 1. The van der Waals surface area contributed by atoms with Crippen molar-refractivity contribution in [2.24, 2.45) is 4.99 Å². The number of benzene rings is 3. The molecule has 2 aliphatic heterocycles. The molecule has 1 fully saturated rings. The number of anilines is 1. The summed E-state index contributed by atoms with van der Waals surface area (Å²) in [5.74, 6) is 0.000993. The van der Waals surface area contributed by atoms with Crippen LogP contribution in [0, 0.1) is 6.92 Å². The molecule has 0 saturated carbocycles. The van der Waals surface area contributed by atoms with Crippen LogP contribution >= 0.6 is 34.9 Å². The van der Waals surface area contributed by atoms with Crippen molar-refractivity contribution in [2.75, 3.05) is 11.4 Å². The van der Waals surface area contributed by atoms with Crippen molar-refractivity contribution in [3.05, 3.63) is 93.3 Å². The van der Waals surface area contributed by atoms with Gasteiger partial charge in [0.15, 0.2) is 5.17 Å². The van der Waals surface area contributed by atoms with Gasteiger partial charge in [-0.1, -0.05) is 54.2 Å². The molecule has 3 heterocycles. The summed E-state index contributed by atoms with van der Waals surface area (Å²) >= 11 is 4.79.